The van der Waals surface area contributed by atoms with Gasteiger partial charge in [0.25, 0.3) is 0 Å². The summed E-state index contributed by atoms with van der Waals surface area (Å²) in [5, 5.41) is 11.6. The number of carboxylic acid groups (broad SMARTS) is 1. The van der Waals surface area contributed by atoms with Crippen LogP contribution in [-0.2, 0) is 28.6 Å². The molecule has 58 heavy (non-hydrogen) atoms. The van der Waals surface area contributed by atoms with Crippen molar-refractivity contribution in [1.29, 1.82) is 0 Å². The lowest BCUT2D eigenvalue weighted by Gasteiger charge is -2.34. The van der Waals surface area contributed by atoms with Crippen LogP contribution in [0.3, 0.4) is 0 Å². The van der Waals surface area contributed by atoms with Crippen molar-refractivity contribution < 1.29 is 38.2 Å². The molecule has 8 nitrogen and oxygen atoms in total. The second-order valence-corrected chi connectivity index (χ2v) is 16.3. The normalized spacial score (nSPS) is 13.6. The highest BCUT2D eigenvalue weighted by atomic mass is 16.6. The maximum Gasteiger partial charge on any atom is 0.306 e. The lowest BCUT2D eigenvalue weighted by atomic mass is 10.1. The Morgan fingerprint density at radius 3 is 1.55 bits per heavy atom. The van der Waals surface area contributed by atoms with Crippen LogP contribution in [0.15, 0.2) is 72.9 Å². The van der Waals surface area contributed by atoms with Gasteiger partial charge in [0.15, 0.2) is 6.10 Å². The Hall–Kier alpha value is -3.23. The van der Waals surface area contributed by atoms with Crippen LogP contribution in [0.4, 0.5) is 0 Å². The van der Waals surface area contributed by atoms with E-state index >= 15 is 0 Å². The van der Waals surface area contributed by atoms with E-state index in [0.29, 0.717) is 12.8 Å². The summed E-state index contributed by atoms with van der Waals surface area (Å²) in [6.45, 7) is 4.48. The summed E-state index contributed by atoms with van der Waals surface area (Å²) >= 11 is 0. The number of hydrogen-bond acceptors (Lipinski definition) is 7. The highest BCUT2D eigenvalue weighted by molar-refractivity contribution is 5.70. The van der Waals surface area contributed by atoms with E-state index in [-0.39, 0.29) is 49.1 Å². The van der Waals surface area contributed by atoms with Crippen molar-refractivity contribution >= 4 is 17.9 Å². The Balaban J connectivity index is 4.41. The van der Waals surface area contributed by atoms with Crippen molar-refractivity contribution in [3.8, 4) is 0 Å². The first kappa shape index (κ1) is 54.8. The number of carboxylic acids is 1. The minimum absolute atomic E-state index is 0.0190. The predicted molar refractivity (Wildman–Crippen MR) is 240 cm³/mol. The Morgan fingerprint density at radius 2 is 1.02 bits per heavy atom. The van der Waals surface area contributed by atoms with E-state index in [4.69, 9.17) is 14.2 Å². The molecule has 0 aromatic heterocycles. The van der Waals surface area contributed by atoms with Crippen LogP contribution in [-0.4, -0.2) is 75.5 Å². The van der Waals surface area contributed by atoms with Crippen molar-refractivity contribution in [2.24, 2.45) is 0 Å². The summed E-state index contributed by atoms with van der Waals surface area (Å²) in [4.78, 5) is 36.9. The number of aliphatic carboxylic acids is 1. The quantitative estimate of drug-likeness (QED) is 0.0200. The molecule has 0 aromatic rings. The number of quaternary nitrogens is 1. The first-order chi connectivity index (χ1) is 28.1. The van der Waals surface area contributed by atoms with Gasteiger partial charge in [-0.05, 0) is 77.0 Å². The molecule has 0 aliphatic heterocycles. The van der Waals surface area contributed by atoms with Gasteiger partial charge in [0, 0.05) is 19.3 Å². The van der Waals surface area contributed by atoms with Crippen molar-refractivity contribution in [3.63, 3.8) is 0 Å². The molecule has 0 bridgehead atoms. The van der Waals surface area contributed by atoms with E-state index in [1.54, 1.807) is 21.1 Å². The summed E-state index contributed by atoms with van der Waals surface area (Å²) in [7, 11) is 5.38. The lowest BCUT2D eigenvalue weighted by molar-refractivity contribution is -0.889. The third kappa shape index (κ3) is 38.3. The molecule has 0 saturated heterocycles. The second-order valence-electron chi connectivity index (χ2n) is 16.3. The Bertz CT molecular complexity index is 1180. The second kappa shape index (κ2) is 40.5. The number of ether oxygens (including phenoxy) is 3. The molecule has 0 N–H and O–H groups in total. The minimum Gasteiger partial charge on any atom is -0.544 e. The molecule has 0 spiro atoms. The number of likely N-dealkylation sites (N-methyl/N-ethyl adjacent to an activating group) is 1. The highest BCUT2D eigenvalue weighted by Gasteiger charge is 2.25. The number of unbranched alkanes of at least 4 members (excludes halogenated alkanes) is 15. The predicted octanol–water partition coefficient (Wildman–Crippen LogP) is 11.4. The average molecular weight is 812 g/mol. The third-order valence-electron chi connectivity index (χ3n) is 9.85. The van der Waals surface area contributed by atoms with Gasteiger partial charge in [-0.25, -0.2) is 0 Å². The van der Waals surface area contributed by atoms with Gasteiger partial charge in [-0.1, -0.05) is 151 Å². The fraction of sp³-hybridized carbons (Fsp3) is 0.700. The zero-order valence-electron chi connectivity index (χ0n) is 37.7. The molecule has 0 heterocycles. The molecular formula is C50H85NO7. The Morgan fingerprint density at radius 1 is 0.552 bits per heavy atom. The lowest BCUT2D eigenvalue weighted by Crippen LogP contribution is -2.55. The maximum absolute atomic E-state index is 12.7. The number of esters is 2. The molecule has 0 saturated carbocycles. The fourth-order valence-corrected chi connectivity index (χ4v) is 6.29. The van der Waals surface area contributed by atoms with E-state index < -0.39 is 18.1 Å². The Kier molecular flexibility index (Phi) is 38.3. The molecule has 2 unspecified atom stereocenters. The van der Waals surface area contributed by atoms with Gasteiger partial charge in [-0.15, -0.1) is 0 Å². The summed E-state index contributed by atoms with van der Waals surface area (Å²) in [6, 6.07) is -0.738. The van der Waals surface area contributed by atoms with Crippen LogP contribution < -0.4 is 5.11 Å². The van der Waals surface area contributed by atoms with Crippen molar-refractivity contribution in [2.75, 3.05) is 41.0 Å². The van der Waals surface area contributed by atoms with Crippen LogP contribution in [0.25, 0.3) is 0 Å². The molecule has 0 amide bonds. The fourth-order valence-electron chi connectivity index (χ4n) is 6.29. The minimum atomic E-state index is -1.14. The first-order valence-corrected chi connectivity index (χ1v) is 23.0. The molecular weight excluding hydrogens is 727 g/mol. The van der Waals surface area contributed by atoms with E-state index in [9.17, 15) is 19.5 Å². The standard InChI is InChI=1S/C50H85NO7/c1-6-8-10-12-14-16-18-20-22-24-25-27-28-30-32-34-36-38-40-48(52)57-45-46(44-56-43-42-47(50(54)55)51(3,4)5)58-49(53)41-39-37-35-33-31-29-26-23-21-19-17-15-13-11-9-7-2/h9,11,15,17,21-25,27,29,31,46-47H,6-8,10,12-14,16,18-20,26,28,30,32-45H2,1-5H3/b11-9+,17-15+,23-21+,24-22+,27-25+,31-29+. The van der Waals surface area contributed by atoms with Crippen molar-refractivity contribution in [2.45, 2.75) is 187 Å². The van der Waals surface area contributed by atoms with Gasteiger partial charge in [0.2, 0.25) is 0 Å². The first-order valence-electron chi connectivity index (χ1n) is 23.0. The number of allylic oxidation sites excluding steroid dienone is 12. The summed E-state index contributed by atoms with van der Waals surface area (Å²) in [5.41, 5.74) is 0. The van der Waals surface area contributed by atoms with Gasteiger partial charge in [-0.3, -0.25) is 9.59 Å². The molecule has 0 aliphatic carbocycles. The zero-order valence-corrected chi connectivity index (χ0v) is 37.7. The average Bonchev–Trinajstić information content (AvgIpc) is 3.18. The van der Waals surface area contributed by atoms with Crippen LogP contribution in [0.1, 0.15) is 174 Å². The highest BCUT2D eigenvalue weighted by Crippen LogP contribution is 2.12. The number of rotatable bonds is 40. The number of carbonyl (C=O) groups excluding carboxylic acids is 3. The van der Waals surface area contributed by atoms with Gasteiger partial charge in [0.1, 0.15) is 12.6 Å². The van der Waals surface area contributed by atoms with E-state index in [1.165, 1.54) is 51.4 Å². The van der Waals surface area contributed by atoms with Gasteiger partial charge in [-0.2, -0.15) is 0 Å². The zero-order chi connectivity index (χ0) is 42.8. The van der Waals surface area contributed by atoms with E-state index in [0.717, 1.165) is 83.5 Å². The summed E-state index contributed by atoms with van der Waals surface area (Å²) in [5.74, 6) is -1.80. The molecule has 332 valence electrons. The maximum atomic E-state index is 12.7. The summed E-state index contributed by atoms with van der Waals surface area (Å²) < 4.78 is 17.1. The monoisotopic (exact) mass is 812 g/mol. The molecule has 0 aliphatic rings. The topological polar surface area (TPSA) is 102 Å². The van der Waals surface area contributed by atoms with Crippen LogP contribution >= 0.6 is 0 Å². The van der Waals surface area contributed by atoms with Gasteiger partial charge in [0.05, 0.1) is 40.3 Å². The van der Waals surface area contributed by atoms with E-state index in [2.05, 4.69) is 86.8 Å². The number of hydrogen-bond donors (Lipinski definition) is 0. The number of nitrogens with zero attached hydrogens (tertiary/aromatic N) is 1. The van der Waals surface area contributed by atoms with Gasteiger partial charge >= 0.3 is 11.9 Å². The van der Waals surface area contributed by atoms with E-state index in [1.807, 2.05) is 0 Å². The number of carbonyl (C=O) groups is 3. The van der Waals surface area contributed by atoms with Crippen molar-refractivity contribution in [1.82, 2.24) is 0 Å². The van der Waals surface area contributed by atoms with Crippen LogP contribution in [0, 0.1) is 0 Å². The Labute approximate surface area is 355 Å². The van der Waals surface area contributed by atoms with Gasteiger partial charge < -0.3 is 28.6 Å². The third-order valence-corrected chi connectivity index (χ3v) is 9.85. The molecule has 8 heteroatoms. The van der Waals surface area contributed by atoms with Crippen LogP contribution in [0.2, 0.25) is 0 Å². The molecule has 0 radical (unpaired) electrons. The largest absolute Gasteiger partial charge is 0.544 e. The summed E-state index contributed by atoms with van der Waals surface area (Å²) in [6.07, 6.45) is 50.7. The van der Waals surface area contributed by atoms with Crippen molar-refractivity contribution in [3.05, 3.63) is 72.9 Å². The molecule has 0 fully saturated rings. The molecule has 0 rings (SSSR count). The van der Waals surface area contributed by atoms with Crippen LogP contribution in [0.5, 0.6) is 0 Å². The SMILES string of the molecule is CC/C=C/C/C=C/C/C=C/C/C=C/CCCCCC(=O)OC(COCCC(C(=O)[O-])[N+](C)(C)C)COC(=O)CCCCCCC/C=C/C=C/CCCCCCCCC. The molecule has 2 atom stereocenters. The smallest absolute Gasteiger partial charge is 0.306 e. The molecule has 0 aromatic carbocycles.